The van der Waals surface area contributed by atoms with Gasteiger partial charge in [-0.1, -0.05) is 0 Å². The average Bonchev–Trinajstić information content (AvgIpc) is 2.90. The van der Waals surface area contributed by atoms with Crippen LogP contribution >= 0.6 is 0 Å². The summed E-state index contributed by atoms with van der Waals surface area (Å²) in [5, 5.41) is 0. The fraction of sp³-hybridized carbons (Fsp3) is 0.308. The molecule has 0 spiro atoms. The highest BCUT2D eigenvalue weighted by molar-refractivity contribution is 5.61. The lowest BCUT2D eigenvalue weighted by Gasteiger charge is -2.26. The van der Waals surface area contributed by atoms with Gasteiger partial charge in [0.1, 0.15) is 0 Å². The zero-order valence-electron chi connectivity index (χ0n) is 11.4. The van der Waals surface area contributed by atoms with Crippen LogP contribution in [0.3, 0.4) is 0 Å². The summed E-state index contributed by atoms with van der Waals surface area (Å²) in [4.78, 5) is 3.33. The third-order valence-electron chi connectivity index (χ3n) is 3.08. The van der Waals surface area contributed by atoms with Crippen LogP contribution in [-0.4, -0.2) is 17.1 Å². The number of alkyl halides is 7. The Bertz CT molecular complexity index is 721. The van der Waals surface area contributed by atoms with Gasteiger partial charge in [0.25, 0.3) is 0 Å². The summed E-state index contributed by atoms with van der Waals surface area (Å²) in [7, 11) is 0. The first-order valence-electron chi connectivity index (χ1n) is 6.03. The standard InChI is InChI=1S/C13H9F7N2O/c1-6-4-7(2-3-8(6)21)10-22-5-9(23-10)11(14,15)12(16,17)13(18,19)20/h2-5H,21H2,1H3. The summed E-state index contributed by atoms with van der Waals surface area (Å²) in [6.07, 6.45) is -6.30. The van der Waals surface area contributed by atoms with E-state index in [1.165, 1.54) is 18.2 Å². The van der Waals surface area contributed by atoms with Gasteiger partial charge in [-0.25, -0.2) is 4.98 Å². The van der Waals surface area contributed by atoms with E-state index in [-0.39, 0.29) is 11.8 Å². The van der Waals surface area contributed by atoms with Crippen LogP contribution in [0.2, 0.25) is 0 Å². The molecule has 2 rings (SSSR count). The van der Waals surface area contributed by atoms with Gasteiger partial charge in [0.2, 0.25) is 11.7 Å². The van der Waals surface area contributed by atoms with Crippen molar-refractivity contribution in [3.63, 3.8) is 0 Å². The zero-order valence-corrected chi connectivity index (χ0v) is 11.4. The SMILES string of the molecule is Cc1cc(-c2ncc(C(F)(F)C(F)(F)C(F)(F)F)o2)ccc1N. The van der Waals surface area contributed by atoms with Crippen molar-refractivity contribution in [2.24, 2.45) is 0 Å². The van der Waals surface area contributed by atoms with Crippen LogP contribution < -0.4 is 5.73 Å². The first-order valence-corrected chi connectivity index (χ1v) is 6.03. The van der Waals surface area contributed by atoms with Crippen LogP contribution in [0.4, 0.5) is 36.4 Å². The monoisotopic (exact) mass is 342 g/mol. The molecule has 0 aliphatic rings. The predicted octanol–water partition coefficient (Wildman–Crippen LogP) is 4.52. The van der Waals surface area contributed by atoms with Gasteiger partial charge in [-0.05, 0) is 30.7 Å². The number of benzene rings is 1. The minimum atomic E-state index is -6.44. The number of anilines is 1. The van der Waals surface area contributed by atoms with E-state index in [0.717, 1.165) is 0 Å². The average molecular weight is 342 g/mol. The Labute approximate surface area is 124 Å². The summed E-state index contributed by atoms with van der Waals surface area (Å²) < 4.78 is 93.7. The Morgan fingerprint density at radius 1 is 1.04 bits per heavy atom. The maximum Gasteiger partial charge on any atom is 0.460 e. The molecule has 0 unspecified atom stereocenters. The van der Waals surface area contributed by atoms with Crippen molar-refractivity contribution >= 4 is 5.69 Å². The van der Waals surface area contributed by atoms with Crippen LogP contribution in [-0.2, 0) is 5.92 Å². The van der Waals surface area contributed by atoms with Crippen LogP contribution in [0.25, 0.3) is 11.5 Å². The number of halogens is 7. The summed E-state index contributed by atoms with van der Waals surface area (Å²) in [5.41, 5.74) is 6.55. The van der Waals surface area contributed by atoms with Gasteiger partial charge in [-0.2, -0.15) is 30.7 Å². The molecule has 3 nitrogen and oxygen atoms in total. The molecule has 0 amide bonds. The third kappa shape index (κ3) is 2.73. The van der Waals surface area contributed by atoms with Crippen molar-refractivity contribution < 1.29 is 35.2 Å². The highest BCUT2D eigenvalue weighted by Gasteiger charge is 2.75. The number of aromatic nitrogens is 1. The lowest BCUT2D eigenvalue weighted by atomic mass is 10.1. The molecule has 1 aromatic heterocycles. The number of aryl methyl sites for hydroxylation is 1. The number of hydrogen-bond donors (Lipinski definition) is 1. The van der Waals surface area contributed by atoms with Gasteiger partial charge in [-0.3, -0.25) is 0 Å². The molecule has 0 aliphatic carbocycles. The van der Waals surface area contributed by atoms with E-state index >= 15 is 0 Å². The Morgan fingerprint density at radius 2 is 1.65 bits per heavy atom. The van der Waals surface area contributed by atoms with Crippen LogP contribution in [0.5, 0.6) is 0 Å². The Morgan fingerprint density at radius 3 is 2.17 bits per heavy atom. The summed E-state index contributed by atoms with van der Waals surface area (Å²) in [6.45, 7) is 1.58. The highest BCUT2D eigenvalue weighted by Crippen LogP contribution is 2.52. The predicted molar refractivity (Wildman–Crippen MR) is 66.0 cm³/mol. The van der Waals surface area contributed by atoms with E-state index in [0.29, 0.717) is 11.3 Å². The molecule has 0 radical (unpaired) electrons. The smallest absolute Gasteiger partial charge is 0.435 e. The van der Waals surface area contributed by atoms with Gasteiger partial charge < -0.3 is 10.2 Å². The largest absolute Gasteiger partial charge is 0.460 e. The first kappa shape index (κ1) is 17.1. The van der Waals surface area contributed by atoms with Crippen molar-refractivity contribution in [3.8, 4) is 11.5 Å². The van der Waals surface area contributed by atoms with Gasteiger partial charge in [0.15, 0.2) is 0 Å². The number of nitrogens with two attached hydrogens (primary N) is 1. The second-order valence-electron chi connectivity index (χ2n) is 4.75. The molecule has 23 heavy (non-hydrogen) atoms. The summed E-state index contributed by atoms with van der Waals surface area (Å²) >= 11 is 0. The van der Waals surface area contributed by atoms with Crippen molar-refractivity contribution in [1.82, 2.24) is 4.98 Å². The minimum Gasteiger partial charge on any atom is -0.435 e. The van der Waals surface area contributed by atoms with Gasteiger partial charge >= 0.3 is 18.0 Å². The number of oxazole rings is 1. The Kier molecular flexibility index (Phi) is 3.82. The number of rotatable bonds is 3. The quantitative estimate of drug-likeness (QED) is 0.659. The van der Waals surface area contributed by atoms with Gasteiger partial charge in [-0.15, -0.1) is 0 Å². The molecule has 0 aliphatic heterocycles. The second kappa shape index (κ2) is 5.14. The van der Waals surface area contributed by atoms with Crippen LogP contribution in [0.15, 0.2) is 28.8 Å². The topological polar surface area (TPSA) is 52.0 Å². The molecule has 2 aromatic rings. The van der Waals surface area contributed by atoms with Crippen LogP contribution in [0.1, 0.15) is 11.3 Å². The van der Waals surface area contributed by atoms with Gasteiger partial charge in [0, 0.05) is 11.3 Å². The lowest BCUT2D eigenvalue weighted by molar-refractivity contribution is -0.363. The van der Waals surface area contributed by atoms with E-state index in [1.807, 2.05) is 0 Å². The molecule has 0 bridgehead atoms. The molecular weight excluding hydrogens is 333 g/mol. The minimum absolute atomic E-state index is 0.106. The number of nitrogen functional groups attached to an aromatic ring is 1. The molecule has 0 fully saturated rings. The summed E-state index contributed by atoms with van der Waals surface area (Å²) in [6, 6.07) is 4.06. The second-order valence-corrected chi connectivity index (χ2v) is 4.75. The molecule has 0 saturated carbocycles. The van der Waals surface area contributed by atoms with Gasteiger partial charge in [0.05, 0.1) is 6.20 Å². The van der Waals surface area contributed by atoms with E-state index < -0.39 is 29.7 Å². The van der Waals surface area contributed by atoms with Crippen LogP contribution in [0, 0.1) is 6.92 Å². The van der Waals surface area contributed by atoms with E-state index in [2.05, 4.69) is 9.40 Å². The molecule has 0 atom stereocenters. The van der Waals surface area contributed by atoms with Crippen molar-refractivity contribution in [2.45, 2.75) is 24.9 Å². The molecule has 2 N–H and O–H groups in total. The number of hydrogen-bond acceptors (Lipinski definition) is 3. The molecule has 1 aromatic carbocycles. The zero-order chi connectivity index (χ0) is 17.6. The molecule has 10 heteroatoms. The summed E-state index contributed by atoms with van der Waals surface area (Å²) in [5.74, 6) is -14.3. The Hall–Kier alpha value is -2.26. The normalized spacial score (nSPS) is 13.4. The van der Waals surface area contributed by atoms with E-state index in [9.17, 15) is 30.7 Å². The Balaban J connectivity index is 2.44. The maximum atomic E-state index is 13.5. The fourth-order valence-corrected chi connectivity index (χ4v) is 1.69. The van der Waals surface area contributed by atoms with E-state index in [4.69, 9.17) is 5.73 Å². The maximum absolute atomic E-state index is 13.5. The molecule has 1 heterocycles. The van der Waals surface area contributed by atoms with E-state index in [1.54, 1.807) is 6.92 Å². The highest BCUT2D eigenvalue weighted by atomic mass is 19.4. The molecule has 126 valence electrons. The van der Waals surface area contributed by atoms with Crippen molar-refractivity contribution in [2.75, 3.05) is 5.73 Å². The molecule has 0 saturated heterocycles. The number of nitrogens with zero attached hydrogens (tertiary/aromatic N) is 1. The molecular formula is C13H9F7N2O. The van der Waals surface area contributed by atoms with Crippen molar-refractivity contribution in [1.29, 1.82) is 0 Å². The fourth-order valence-electron chi connectivity index (χ4n) is 1.69. The third-order valence-corrected chi connectivity index (χ3v) is 3.08. The lowest BCUT2D eigenvalue weighted by Crippen LogP contribution is -2.49. The first-order chi connectivity index (χ1) is 10.4. The van der Waals surface area contributed by atoms with Crippen molar-refractivity contribution in [3.05, 3.63) is 35.7 Å².